The van der Waals surface area contributed by atoms with Crippen LogP contribution in [0.5, 0.6) is 5.75 Å². The maximum absolute atomic E-state index is 13.3. The third kappa shape index (κ3) is 5.19. The summed E-state index contributed by atoms with van der Waals surface area (Å²) in [5.41, 5.74) is 0.301. The Hall–Kier alpha value is -4.28. The van der Waals surface area contributed by atoms with Crippen LogP contribution < -0.4 is 15.0 Å². The number of hydrogen-bond donors (Lipinski definition) is 1. The van der Waals surface area contributed by atoms with Crippen molar-refractivity contribution in [3.8, 4) is 5.75 Å². The Balaban J connectivity index is 1.67. The van der Waals surface area contributed by atoms with Crippen LogP contribution in [0.4, 0.5) is 20.6 Å². The Bertz CT molecular complexity index is 1430. The summed E-state index contributed by atoms with van der Waals surface area (Å²) in [5, 5.41) is 13.2. The van der Waals surface area contributed by atoms with Crippen molar-refractivity contribution >= 4 is 58.5 Å². The molecule has 3 aromatic rings. The van der Waals surface area contributed by atoms with E-state index in [1.54, 1.807) is 0 Å². The third-order valence-electron chi connectivity index (χ3n) is 5.05. The number of barbiturate groups is 1. The average Bonchev–Trinajstić information content (AvgIpc) is 2.82. The Morgan fingerprint density at radius 1 is 1.03 bits per heavy atom. The molecule has 12 heteroatoms. The molecule has 0 saturated carbocycles. The van der Waals surface area contributed by atoms with Crippen LogP contribution in [0.1, 0.15) is 11.1 Å². The summed E-state index contributed by atoms with van der Waals surface area (Å²) in [7, 11) is 0. The zero-order chi connectivity index (χ0) is 26.0. The van der Waals surface area contributed by atoms with Gasteiger partial charge in [0.05, 0.1) is 15.6 Å². The van der Waals surface area contributed by atoms with E-state index in [4.69, 9.17) is 27.9 Å². The number of carbonyl (C=O) groups is 3. The zero-order valence-electron chi connectivity index (χ0n) is 18.0. The van der Waals surface area contributed by atoms with Crippen LogP contribution in [-0.4, -0.2) is 22.8 Å². The number of non-ortho nitro benzene ring substituents is 1. The van der Waals surface area contributed by atoms with Crippen molar-refractivity contribution in [1.82, 2.24) is 5.32 Å². The fourth-order valence-corrected chi connectivity index (χ4v) is 3.91. The predicted molar refractivity (Wildman–Crippen MR) is 129 cm³/mol. The second-order valence-electron chi connectivity index (χ2n) is 7.45. The number of amides is 4. The first-order chi connectivity index (χ1) is 17.1. The fraction of sp³-hybridized carbons (Fsp3) is 0.0417. The van der Waals surface area contributed by atoms with Gasteiger partial charge in [0.2, 0.25) is 0 Å². The topological polar surface area (TPSA) is 119 Å². The summed E-state index contributed by atoms with van der Waals surface area (Å²) < 4.78 is 19.1. The van der Waals surface area contributed by atoms with E-state index in [-0.39, 0.29) is 39.3 Å². The van der Waals surface area contributed by atoms with E-state index in [1.807, 2.05) is 0 Å². The monoisotopic (exact) mass is 529 g/mol. The number of nitrogens with one attached hydrogen (secondary N) is 1. The minimum atomic E-state index is -0.993. The second kappa shape index (κ2) is 10.1. The number of nitrogens with zero attached hydrogens (tertiary/aromatic N) is 2. The normalized spacial score (nSPS) is 14.7. The van der Waals surface area contributed by atoms with Gasteiger partial charge in [0, 0.05) is 22.7 Å². The van der Waals surface area contributed by atoms with Crippen LogP contribution in [0.2, 0.25) is 10.0 Å². The SMILES string of the molecule is O=C1NC(=O)N(c2ccc(F)cc2)C(=O)/C1=C/c1cc(Cl)cc(Cl)c1OCc1ccc([N+](=O)[O-])cc1. The van der Waals surface area contributed by atoms with Gasteiger partial charge in [-0.1, -0.05) is 23.2 Å². The van der Waals surface area contributed by atoms with Gasteiger partial charge in [0.1, 0.15) is 23.7 Å². The third-order valence-corrected chi connectivity index (χ3v) is 5.55. The van der Waals surface area contributed by atoms with Crippen molar-refractivity contribution in [3.63, 3.8) is 0 Å². The summed E-state index contributed by atoms with van der Waals surface area (Å²) in [4.78, 5) is 49.0. The van der Waals surface area contributed by atoms with Crippen LogP contribution in [0.25, 0.3) is 6.08 Å². The molecular formula is C24H14Cl2FN3O6. The predicted octanol–water partition coefficient (Wildman–Crippen LogP) is 5.29. The summed E-state index contributed by atoms with van der Waals surface area (Å²) >= 11 is 12.4. The fourth-order valence-electron chi connectivity index (χ4n) is 3.35. The lowest BCUT2D eigenvalue weighted by Crippen LogP contribution is -2.54. The molecule has 0 aliphatic carbocycles. The lowest BCUT2D eigenvalue weighted by molar-refractivity contribution is -0.384. The maximum atomic E-state index is 13.3. The number of ether oxygens (including phenoxy) is 1. The van der Waals surface area contributed by atoms with Crippen molar-refractivity contribution in [3.05, 3.63) is 103 Å². The number of carbonyl (C=O) groups excluding carboxylic acids is 3. The summed E-state index contributed by atoms with van der Waals surface area (Å²) in [6, 6.07) is 12.0. The molecule has 9 nitrogen and oxygen atoms in total. The molecule has 4 rings (SSSR count). The molecular weight excluding hydrogens is 516 g/mol. The number of nitro benzene ring substituents is 1. The van der Waals surface area contributed by atoms with Gasteiger partial charge in [-0.15, -0.1) is 0 Å². The molecule has 0 aromatic heterocycles. The van der Waals surface area contributed by atoms with Crippen molar-refractivity contribution in [1.29, 1.82) is 0 Å². The van der Waals surface area contributed by atoms with E-state index in [0.717, 1.165) is 12.1 Å². The molecule has 1 N–H and O–H groups in total. The zero-order valence-corrected chi connectivity index (χ0v) is 19.5. The molecule has 182 valence electrons. The minimum Gasteiger partial charge on any atom is -0.487 e. The number of halogens is 3. The van der Waals surface area contributed by atoms with Gasteiger partial charge in [-0.25, -0.2) is 14.1 Å². The number of rotatable bonds is 6. The molecule has 1 fully saturated rings. The molecule has 0 bridgehead atoms. The molecule has 0 radical (unpaired) electrons. The molecule has 1 aliphatic heterocycles. The standard InChI is InChI=1S/C24H14Cl2FN3O6/c25-15-9-14(21(20(26)11-15)36-12-13-1-5-18(6-2-13)30(34)35)10-19-22(31)28-24(33)29(23(19)32)17-7-3-16(27)4-8-17/h1-11H,12H2,(H,28,31,33)/b19-10+. The molecule has 1 heterocycles. The smallest absolute Gasteiger partial charge is 0.335 e. The van der Waals surface area contributed by atoms with Gasteiger partial charge in [0.15, 0.2) is 0 Å². The number of nitro groups is 1. The Morgan fingerprint density at radius 2 is 1.69 bits per heavy atom. The molecule has 36 heavy (non-hydrogen) atoms. The van der Waals surface area contributed by atoms with Gasteiger partial charge in [0.25, 0.3) is 17.5 Å². The van der Waals surface area contributed by atoms with Crippen LogP contribution in [0, 0.1) is 15.9 Å². The van der Waals surface area contributed by atoms with Crippen LogP contribution in [0.3, 0.4) is 0 Å². The largest absolute Gasteiger partial charge is 0.487 e. The summed E-state index contributed by atoms with van der Waals surface area (Å²) in [6.07, 6.45) is 1.17. The van der Waals surface area contributed by atoms with E-state index < -0.39 is 34.2 Å². The number of imide groups is 2. The number of anilines is 1. The Labute approximate surface area is 212 Å². The van der Waals surface area contributed by atoms with Crippen molar-refractivity contribution < 1.29 is 28.4 Å². The minimum absolute atomic E-state index is 0.0458. The summed E-state index contributed by atoms with van der Waals surface area (Å²) in [5.74, 6) is -2.40. The number of urea groups is 1. The molecule has 3 aromatic carbocycles. The Kier molecular flexibility index (Phi) is 7.00. The molecule has 0 unspecified atom stereocenters. The first-order valence-electron chi connectivity index (χ1n) is 10.2. The van der Waals surface area contributed by atoms with E-state index in [1.165, 1.54) is 54.6 Å². The average molecular weight is 530 g/mol. The maximum Gasteiger partial charge on any atom is 0.335 e. The van der Waals surface area contributed by atoms with Crippen molar-refractivity contribution in [2.24, 2.45) is 0 Å². The second-order valence-corrected chi connectivity index (χ2v) is 8.30. The van der Waals surface area contributed by atoms with Crippen LogP contribution in [-0.2, 0) is 16.2 Å². The van der Waals surface area contributed by atoms with Gasteiger partial charge in [-0.2, -0.15) is 0 Å². The van der Waals surface area contributed by atoms with Crippen molar-refractivity contribution in [2.45, 2.75) is 6.61 Å². The lowest BCUT2D eigenvalue weighted by atomic mass is 10.1. The molecule has 1 saturated heterocycles. The highest BCUT2D eigenvalue weighted by molar-refractivity contribution is 6.40. The summed E-state index contributed by atoms with van der Waals surface area (Å²) in [6.45, 7) is -0.0458. The van der Waals surface area contributed by atoms with Gasteiger partial charge < -0.3 is 4.74 Å². The van der Waals surface area contributed by atoms with E-state index in [0.29, 0.717) is 10.5 Å². The van der Waals surface area contributed by atoms with E-state index in [9.17, 15) is 28.9 Å². The van der Waals surface area contributed by atoms with E-state index in [2.05, 4.69) is 5.32 Å². The highest BCUT2D eigenvalue weighted by Crippen LogP contribution is 2.35. The molecule has 0 atom stereocenters. The van der Waals surface area contributed by atoms with E-state index >= 15 is 0 Å². The molecule has 0 spiro atoms. The molecule has 4 amide bonds. The first kappa shape index (κ1) is 24.8. The van der Waals surface area contributed by atoms with Gasteiger partial charge >= 0.3 is 6.03 Å². The highest BCUT2D eigenvalue weighted by atomic mass is 35.5. The molecule has 1 aliphatic rings. The quantitative estimate of drug-likeness (QED) is 0.200. The van der Waals surface area contributed by atoms with Gasteiger partial charge in [-0.05, 0) is 60.2 Å². The highest BCUT2D eigenvalue weighted by Gasteiger charge is 2.37. The van der Waals surface area contributed by atoms with Gasteiger partial charge in [-0.3, -0.25) is 25.0 Å². The Morgan fingerprint density at radius 3 is 2.33 bits per heavy atom. The lowest BCUT2D eigenvalue weighted by Gasteiger charge is -2.26. The van der Waals surface area contributed by atoms with Crippen LogP contribution >= 0.6 is 23.2 Å². The number of hydrogen-bond acceptors (Lipinski definition) is 6. The number of benzene rings is 3. The van der Waals surface area contributed by atoms with Crippen LogP contribution in [0.15, 0.2) is 66.2 Å². The first-order valence-corrected chi connectivity index (χ1v) is 10.9. The van der Waals surface area contributed by atoms with Crippen molar-refractivity contribution in [2.75, 3.05) is 4.90 Å².